The van der Waals surface area contributed by atoms with Gasteiger partial charge in [0.2, 0.25) is 0 Å². The zero-order valence-corrected chi connectivity index (χ0v) is 16.5. The van der Waals surface area contributed by atoms with Crippen LogP contribution in [0, 0.1) is 5.92 Å². The van der Waals surface area contributed by atoms with Crippen molar-refractivity contribution in [1.29, 1.82) is 0 Å². The van der Waals surface area contributed by atoms with Gasteiger partial charge >= 0.3 is 0 Å². The van der Waals surface area contributed by atoms with Crippen LogP contribution in [0.5, 0.6) is 0 Å². The summed E-state index contributed by atoms with van der Waals surface area (Å²) in [7, 11) is 0. The number of fused-ring (bicyclic) bond motifs is 1. The Hall–Kier alpha value is -2.73. The molecule has 2 aromatic heterocycles. The van der Waals surface area contributed by atoms with Crippen molar-refractivity contribution >= 4 is 32.4 Å². The van der Waals surface area contributed by atoms with Crippen molar-refractivity contribution in [2.75, 3.05) is 5.32 Å². The van der Waals surface area contributed by atoms with Crippen molar-refractivity contribution in [2.24, 2.45) is 5.92 Å². The van der Waals surface area contributed by atoms with E-state index in [1.165, 1.54) is 42.4 Å². The summed E-state index contributed by atoms with van der Waals surface area (Å²) in [5, 5.41) is 8.84. The SMILES string of the molecule is c1ccc2sc(Nc3ccc(C(C4CCCCC4)n4cncn4)cc3)nc2c1. The Morgan fingerprint density at radius 3 is 2.57 bits per heavy atom. The third kappa shape index (κ3) is 3.52. The number of para-hydroxylation sites is 1. The monoisotopic (exact) mass is 389 g/mol. The van der Waals surface area contributed by atoms with Gasteiger partial charge in [-0.25, -0.2) is 14.6 Å². The van der Waals surface area contributed by atoms with E-state index in [-0.39, 0.29) is 6.04 Å². The maximum Gasteiger partial charge on any atom is 0.188 e. The van der Waals surface area contributed by atoms with Crippen molar-refractivity contribution < 1.29 is 0 Å². The molecule has 1 saturated carbocycles. The highest BCUT2D eigenvalue weighted by Gasteiger charge is 2.27. The lowest BCUT2D eigenvalue weighted by atomic mass is 9.81. The Bertz CT molecular complexity index is 999. The summed E-state index contributed by atoms with van der Waals surface area (Å²) in [5.74, 6) is 0.624. The average molecular weight is 390 g/mol. The van der Waals surface area contributed by atoms with Gasteiger partial charge in [0.1, 0.15) is 12.7 Å². The second kappa shape index (κ2) is 7.72. The predicted molar refractivity (Wildman–Crippen MR) is 114 cm³/mol. The largest absolute Gasteiger partial charge is 0.332 e. The summed E-state index contributed by atoms with van der Waals surface area (Å²) in [6.07, 6.45) is 9.99. The van der Waals surface area contributed by atoms with Gasteiger partial charge in [-0.15, -0.1) is 0 Å². The number of nitrogens with zero attached hydrogens (tertiary/aromatic N) is 4. The Morgan fingerprint density at radius 1 is 1.00 bits per heavy atom. The van der Waals surface area contributed by atoms with E-state index in [1.54, 1.807) is 17.7 Å². The summed E-state index contributed by atoms with van der Waals surface area (Å²) in [6, 6.07) is 17.2. The van der Waals surface area contributed by atoms with Crippen LogP contribution in [0.1, 0.15) is 43.7 Å². The number of hydrogen-bond acceptors (Lipinski definition) is 5. The Balaban J connectivity index is 1.39. The molecular formula is C22H23N5S. The van der Waals surface area contributed by atoms with E-state index in [1.807, 2.05) is 23.1 Å². The molecule has 0 bridgehead atoms. The normalized spacial score (nSPS) is 16.3. The number of rotatable bonds is 5. The maximum absolute atomic E-state index is 4.66. The van der Waals surface area contributed by atoms with Gasteiger partial charge in [0, 0.05) is 5.69 Å². The summed E-state index contributed by atoms with van der Waals surface area (Å²) < 4.78 is 3.23. The fraction of sp³-hybridized carbons (Fsp3) is 0.318. The summed E-state index contributed by atoms with van der Waals surface area (Å²) in [5.41, 5.74) is 3.39. The molecule has 0 aliphatic heterocycles. The molecule has 1 fully saturated rings. The summed E-state index contributed by atoms with van der Waals surface area (Å²) >= 11 is 1.68. The first-order valence-corrected chi connectivity index (χ1v) is 10.8. The molecule has 6 heteroatoms. The third-order valence-electron chi connectivity index (χ3n) is 5.62. The minimum Gasteiger partial charge on any atom is -0.332 e. The molecule has 2 heterocycles. The van der Waals surface area contributed by atoms with E-state index in [9.17, 15) is 0 Å². The van der Waals surface area contributed by atoms with Crippen LogP contribution in [0.3, 0.4) is 0 Å². The molecule has 5 rings (SSSR count). The fourth-order valence-corrected chi connectivity index (χ4v) is 5.15. The number of anilines is 2. The quantitative estimate of drug-likeness (QED) is 0.468. The summed E-state index contributed by atoms with van der Waals surface area (Å²) in [4.78, 5) is 8.85. The number of benzene rings is 2. The molecule has 1 atom stereocenters. The van der Waals surface area contributed by atoms with Crippen molar-refractivity contribution in [3.63, 3.8) is 0 Å². The minimum atomic E-state index is 0.263. The Labute approximate surface area is 168 Å². The van der Waals surface area contributed by atoms with Crippen molar-refractivity contribution in [3.8, 4) is 0 Å². The van der Waals surface area contributed by atoms with Gasteiger partial charge in [0.15, 0.2) is 5.13 Å². The van der Waals surface area contributed by atoms with Crippen LogP contribution in [0.4, 0.5) is 10.8 Å². The molecule has 28 heavy (non-hydrogen) atoms. The lowest BCUT2D eigenvalue weighted by molar-refractivity contribution is 0.266. The first-order chi connectivity index (χ1) is 13.9. The lowest BCUT2D eigenvalue weighted by Gasteiger charge is -2.30. The molecule has 0 radical (unpaired) electrons. The molecule has 142 valence electrons. The number of thiazole rings is 1. The van der Waals surface area contributed by atoms with Gasteiger partial charge < -0.3 is 5.32 Å². The highest BCUT2D eigenvalue weighted by atomic mass is 32.1. The molecular weight excluding hydrogens is 366 g/mol. The van der Waals surface area contributed by atoms with Crippen LogP contribution >= 0.6 is 11.3 Å². The van der Waals surface area contributed by atoms with E-state index in [4.69, 9.17) is 0 Å². The van der Waals surface area contributed by atoms with Crippen LogP contribution in [-0.4, -0.2) is 19.7 Å². The number of nitrogens with one attached hydrogen (secondary N) is 1. The van der Waals surface area contributed by atoms with Crippen LogP contribution in [-0.2, 0) is 0 Å². The van der Waals surface area contributed by atoms with E-state index in [0.717, 1.165) is 16.3 Å². The van der Waals surface area contributed by atoms with E-state index in [2.05, 4.69) is 56.8 Å². The van der Waals surface area contributed by atoms with Crippen molar-refractivity contribution in [3.05, 3.63) is 66.7 Å². The zero-order chi connectivity index (χ0) is 18.8. The molecule has 0 spiro atoms. The highest BCUT2D eigenvalue weighted by Crippen LogP contribution is 2.37. The third-order valence-corrected chi connectivity index (χ3v) is 6.57. The molecule has 1 N–H and O–H groups in total. The second-order valence-electron chi connectivity index (χ2n) is 7.45. The van der Waals surface area contributed by atoms with Crippen LogP contribution in [0.15, 0.2) is 61.2 Å². The van der Waals surface area contributed by atoms with Gasteiger partial charge in [-0.05, 0) is 48.6 Å². The van der Waals surface area contributed by atoms with E-state index >= 15 is 0 Å². The first-order valence-electron chi connectivity index (χ1n) is 9.93. The molecule has 0 saturated heterocycles. The molecule has 1 aliphatic rings. The van der Waals surface area contributed by atoms with Crippen LogP contribution < -0.4 is 5.32 Å². The topological polar surface area (TPSA) is 55.6 Å². The zero-order valence-electron chi connectivity index (χ0n) is 15.7. The van der Waals surface area contributed by atoms with Crippen molar-refractivity contribution in [2.45, 2.75) is 38.1 Å². The highest BCUT2D eigenvalue weighted by molar-refractivity contribution is 7.22. The van der Waals surface area contributed by atoms with Crippen molar-refractivity contribution in [1.82, 2.24) is 19.7 Å². The molecule has 1 aliphatic carbocycles. The summed E-state index contributed by atoms with van der Waals surface area (Å²) in [6.45, 7) is 0. The van der Waals surface area contributed by atoms with Gasteiger partial charge in [-0.3, -0.25) is 0 Å². The predicted octanol–water partition coefficient (Wildman–Crippen LogP) is 5.80. The minimum absolute atomic E-state index is 0.263. The van der Waals surface area contributed by atoms with Gasteiger partial charge in [0.25, 0.3) is 0 Å². The molecule has 1 unspecified atom stereocenters. The maximum atomic E-state index is 4.66. The smallest absolute Gasteiger partial charge is 0.188 e. The van der Waals surface area contributed by atoms with Crippen LogP contribution in [0.25, 0.3) is 10.2 Å². The van der Waals surface area contributed by atoms with Gasteiger partial charge in [0.05, 0.1) is 16.3 Å². The molecule has 4 aromatic rings. The fourth-order valence-electron chi connectivity index (χ4n) is 4.26. The number of aromatic nitrogens is 4. The molecule has 5 nitrogen and oxygen atoms in total. The average Bonchev–Trinajstić information content (AvgIpc) is 3.40. The first kappa shape index (κ1) is 17.4. The number of hydrogen-bond donors (Lipinski definition) is 1. The molecule has 2 aromatic carbocycles. The molecule has 0 amide bonds. The lowest BCUT2D eigenvalue weighted by Crippen LogP contribution is -2.23. The van der Waals surface area contributed by atoms with E-state index in [0.29, 0.717) is 5.92 Å². The Kier molecular flexibility index (Phi) is 4.79. The van der Waals surface area contributed by atoms with E-state index < -0.39 is 0 Å². The standard InChI is InChI=1S/C22H23N5S/c1-2-6-16(7-3-1)21(27-15-23-14-24-27)17-10-12-18(13-11-17)25-22-26-19-8-4-5-9-20(19)28-22/h4-5,8-16,21H,1-3,6-7H2,(H,25,26). The van der Waals surface area contributed by atoms with Crippen LogP contribution in [0.2, 0.25) is 0 Å². The van der Waals surface area contributed by atoms with Gasteiger partial charge in [-0.2, -0.15) is 5.10 Å². The Morgan fingerprint density at radius 2 is 1.82 bits per heavy atom. The van der Waals surface area contributed by atoms with Gasteiger partial charge in [-0.1, -0.05) is 54.9 Å². The second-order valence-corrected chi connectivity index (χ2v) is 8.48.